The molecule has 1 saturated heterocycles. The molecule has 2 amide bonds. The molecular formula is C15H18N2O3. The lowest BCUT2D eigenvalue weighted by Gasteiger charge is -2.15. The molecule has 1 fully saturated rings. The quantitative estimate of drug-likeness (QED) is 0.893. The molecule has 2 aliphatic rings. The molecule has 2 aliphatic heterocycles. The minimum atomic E-state index is -0.322. The van der Waals surface area contributed by atoms with Crippen molar-refractivity contribution in [2.24, 2.45) is 0 Å². The van der Waals surface area contributed by atoms with Gasteiger partial charge in [0.25, 0.3) is 5.91 Å². The van der Waals surface area contributed by atoms with Crippen molar-refractivity contribution < 1.29 is 14.3 Å². The van der Waals surface area contributed by atoms with Crippen LogP contribution < -0.4 is 10.2 Å². The van der Waals surface area contributed by atoms with Gasteiger partial charge in [-0.05, 0) is 43.0 Å². The Hall–Kier alpha value is -1.88. The largest absolute Gasteiger partial charge is 0.368 e. The van der Waals surface area contributed by atoms with Crippen molar-refractivity contribution in [2.75, 3.05) is 23.4 Å². The van der Waals surface area contributed by atoms with Gasteiger partial charge < -0.3 is 15.0 Å². The topological polar surface area (TPSA) is 58.6 Å². The number of fused-ring (bicyclic) bond motifs is 1. The molecule has 0 radical (unpaired) electrons. The Morgan fingerprint density at radius 2 is 2.25 bits per heavy atom. The standard InChI is InChI=1S/C15H18N2O3/c1-10(18)17-7-6-11-9-12(4-5-13(11)17)16-15(19)14-3-2-8-20-14/h4-5,9,14H,2-3,6-8H2,1H3,(H,16,19). The number of anilines is 2. The highest BCUT2D eigenvalue weighted by molar-refractivity contribution is 5.96. The van der Waals surface area contributed by atoms with E-state index < -0.39 is 0 Å². The Bertz CT molecular complexity index is 550. The number of benzene rings is 1. The molecule has 1 atom stereocenters. The normalized spacial score (nSPS) is 20.9. The van der Waals surface area contributed by atoms with E-state index in [0.29, 0.717) is 13.2 Å². The van der Waals surface area contributed by atoms with Crippen LogP contribution in [0.15, 0.2) is 18.2 Å². The number of ether oxygens (including phenoxy) is 1. The first-order chi connectivity index (χ1) is 9.65. The fraction of sp³-hybridized carbons (Fsp3) is 0.467. The molecule has 20 heavy (non-hydrogen) atoms. The zero-order valence-electron chi connectivity index (χ0n) is 11.5. The second kappa shape index (κ2) is 5.25. The monoisotopic (exact) mass is 274 g/mol. The summed E-state index contributed by atoms with van der Waals surface area (Å²) in [7, 11) is 0. The Morgan fingerprint density at radius 1 is 1.40 bits per heavy atom. The summed E-state index contributed by atoms with van der Waals surface area (Å²) < 4.78 is 5.36. The van der Waals surface area contributed by atoms with Gasteiger partial charge in [-0.2, -0.15) is 0 Å². The van der Waals surface area contributed by atoms with Gasteiger partial charge in [-0.15, -0.1) is 0 Å². The molecule has 0 aromatic heterocycles. The maximum atomic E-state index is 12.0. The molecule has 5 nitrogen and oxygen atoms in total. The van der Waals surface area contributed by atoms with Crippen LogP contribution in [0.1, 0.15) is 25.3 Å². The SMILES string of the molecule is CC(=O)N1CCc2cc(NC(=O)C3CCCO3)ccc21. The lowest BCUT2D eigenvalue weighted by atomic mass is 10.1. The number of amides is 2. The highest BCUT2D eigenvalue weighted by Crippen LogP contribution is 2.30. The van der Waals surface area contributed by atoms with Crippen LogP contribution in [0.3, 0.4) is 0 Å². The van der Waals surface area contributed by atoms with Crippen LogP contribution in [-0.4, -0.2) is 31.1 Å². The lowest BCUT2D eigenvalue weighted by molar-refractivity contribution is -0.124. The lowest BCUT2D eigenvalue weighted by Crippen LogP contribution is -2.27. The summed E-state index contributed by atoms with van der Waals surface area (Å²) >= 11 is 0. The molecular weight excluding hydrogens is 256 g/mol. The number of hydrogen-bond donors (Lipinski definition) is 1. The maximum Gasteiger partial charge on any atom is 0.253 e. The maximum absolute atomic E-state index is 12.0. The minimum Gasteiger partial charge on any atom is -0.368 e. The van der Waals surface area contributed by atoms with Crippen LogP contribution in [0.2, 0.25) is 0 Å². The van der Waals surface area contributed by atoms with Crippen LogP contribution in [0.4, 0.5) is 11.4 Å². The third-order valence-corrected chi connectivity index (χ3v) is 3.84. The number of nitrogens with zero attached hydrogens (tertiary/aromatic N) is 1. The minimum absolute atomic E-state index is 0.0555. The van der Waals surface area contributed by atoms with E-state index in [4.69, 9.17) is 4.74 Å². The van der Waals surface area contributed by atoms with E-state index in [1.165, 1.54) is 0 Å². The highest BCUT2D eigenvalue weighted by atomic mass is 16.5. The van der Waals surface area contributed by atoms with Gasteiger partial charge in [0.1, 0.15) is 6.10 Å². The molecule has 5 heteroatoms. The first-order valence-corrected chi connectivity index (χ1v) is 6.98. The Kier molecular flexibility index (Phi) is 3.44. The van der Waals surface area contributed by atoms with Crippen LogP contribution >= 0.6 is 0 Å². The second-order valence-corrected chi connectivity index (χ2v) is 5.26. The Balaban J connectivity index is 1.73. The average Bonchev–Trinajstić information content (AvgIpc) is 3.07. The fourth-order valence-electron chi connectivity index (χ4n) is 2.81. The molecule has 1 aromatic carbocycles. The van der Waals surface area contributed by atoms with Crippen LogP contribution in [-0.2, 0) is 20.7 Å². The van der Waals surface area contributed by atoms with E-state index in [-0.39, 0.29) is 17.9 Å². The first-order valence-electron chi connectivity index (χ1n) is 6.98. The average molecular weight is 274 g/mol. The van der Waals surface area contributed by atoms with Gasteiger partial charge in [-0.3, -0.25) is 9.59 Å². The molecule has 1 unspecified atom stereocenters. The van der Waals surface area contributed by atoms with Crippen LogP contribution in [0.5, 0.6) is 0 Å². The van der Waals surface area contributed by atoms with Gasteiger partial charge >= 0.3 is 0 Å². The summed E-state index contributed by atoms with van der Waals surface area (Å²) in [5.74, 6) is -0.0243. The molecule has 0 spiro atoms. The van der Waals surface area contributed by atoms with E-state index in [1.54, 1.807) is 11.8 Å². The molecule has 1 aromatic rings. The number of nitrogens with one attached hydrogen (secondary N) is 1. The zero-order chi connectivity index (χ0) is 14.1. The Labute approximate surface area is 117 Å². The summed E-state index contributed by atoms with van der Waals surface area (Å²) in [5.41, 5.74) is 2.83. The van der Waals surface area contributed by atoms with Crippen molar-refractivity contribution in [3.05, 3.63) is 23.8 Å². The Morgan fingerprint density at radius 3 is 2.95 bits per heavy atom. The molecule has 2 heterocycles. The van der Waals surface area contributed by atoms with E-state index in [1.807, 2.05) is 18.2 Å². The van der Waals surface area contributed by atoms with Gasteiger partial charge in [0.2, 0.25) is 5.91 Å². The van der Waals surface area contributed by atoms with Gasteiger partial charge in [-0.25, -0.2) is 0 Å². The molecule has 3 rings (SSSR count). The fourth-order valence-corrected chi connectivity index (χ4v) is 2.81. The summed E-state index contributed by atoms with van der Waals surface area (Å²) in [5, 5.41) is 2.89. The zero-order valence-corrected chi connectivity index (χ0v) is 11.5. The summed E-state index contributed by atoms with van der Waals surface area (Å²) in [6, 6.07) is 5.69. The van der Waals surface area contributed by atoms with Gasteiger partial charge in [0, 0.05) is 31.5 Å². The number of hydrogen-bond acceptors (Lipinski definition) is 3. The number of rotatable bonds is 2. The first kappa shape index (κ1) is 13.1. The van der Waals surface area contributed by atoms with E-state index in [2.05, 4.69) is 5.32 Å². The van der Waals surface area contributed by atoms with Crippen molar-refractivity contribution in [1.82, 2.24) is 0 Å². The summed E-state index contributed by atoms with van der Waals surface area (Å²) in [6.45, 7) is 2.95. The smallest absolute Gasteiger partial charge is 0.253 e. The molecule has 106 valence electrons. The molecule has 1 N–H and O–H groups in total. The van der Waals surface area contributed by atoms with Crippen molar-refractivity contribution in [1.29, 1.82) is 0 Å². The highest BCUT2D eigenvalue weighted by Gasteiger charge is 2.25. The van der Waals surface area contributed by atoms with Crippen LogP contribution in [0, 0.1) is 0 Å². The van der Waals surface area contributed by atoms with Gasteiger partial charge in [0.15, 0.2) is 0 Å². The van der Waals surface area contributed by atoms with Gasteiger partial charge in [0.05, 0.1) is 0 Å². The van der Waals surface area contributed by atoms with E-state index in [9.17, 15) is 9.59 Å². The van der Waals surface area contributed by atoms with Crippen LogP contribution in [0.25, 0.3) is 0 Å². The van der Waals surface area contributed by atoms with E-state index in [0.717, 1.165) is 36.2 Å². The number of carbonyl (C=O) groups excluding carboxylic acids is 2. The molecule has 0 aliphatic carbocycles. The van der Waals surface area contributed by atoms with Crippen molar-refractivity contribution in [2.45, 2.75) is 32.3 Å². The molecule has 0 saturated carbocycles. The predicted octanol–water partition coefficient (Wildman–Crippen LogP) is 1.71. The predicted molar refractivity (Wildman–Crippen MR) is 75.8 cm³/mol. The second-order valence-electron chi connectivity index (χ2n) is 5.26. The van der Waals surface area contributed by atoms with Crippen molar-refractivity contribution in [3.8, 4) is 0 Å². The third kappa shape index (κ3) is 2.41. The van der Waals surface area contributed by atoms with Crippen molar-refractivity contribution >= 4 is 23.2 Å². The third-order valence-electron chi connectivity index (χ3n) is 3.84. The number of carbonyl (C=O) groups is 2. The summed E-state index contributed by atoms with van der Waals surface area (Å²) in [6.07, 6.45) is 2.24. The van der Waals surface area contributed by atoms with Crippen molar-refractivity contribution in [3.63, 3.8) is 0 Å². The van der Waals surface area contributed by atoms with Gasteiger partial charge in [-0.1, -0.05) is 0 Å². The van der Waals surface area contributed by atoms with E-state index >= 15 is 0 Å². The molecule has 0 bridgehead atoms. The summed E-state index contributed by atoms with van der Waals surface area (Å²) in [4.78, 5) is 25.2.